The van der Waals surface area contributed by atoms with E-state index < -0.39 is 143 Å². The fourth-order valence-corrected chi connectivity index (χ4v) is 8.29. The molecule has 2 heterocycles. The van der Waals surface area contributed by atoms with Crippen molar-refractivity contribution >= 4 is 50.1 Å². The highest BCUT2D eigenvalue weighted by Crippen LogP contribution is 2.72. The summed E-state index contributed by atoms with van der Waals surface area (Å²) in [4.78, 5) is 99.9. The largest absolute Gasteiger partial charge is 0.772 e. The van der Waals surface area contributed by atoms with Crippen LogP contribution in [-0.4, -0.2) is 176 Å². The number of aliphatic hydroxyl groups excluding tert-OH is 4. The van der Waals surface area contributed by atoms with Crippen LogP contribution in [-0.2, 0) is 70.6 Å². The second-order valence-electron chi connectivity index (χ2n) is 14.5. The van der Waals surface area contributed by atoms with Crippen molar-refractivity contribution in [1.29, 1.82) is 0 Å². The summed E-state index contributed by atoms with van der Waals surface area (Å²) in [6.07, 6.45) is -15.6. The van der Waals surface area contributed by atoms with Gasteiger partial charge in [0.15, 0.2) is 12.6 Å². The summed E-state index contributed by atoms with van der Waals surface area (Å²) < 4.78 is 62.2. The van der Waals surface area contributed by atoms with Gasteiger partial charge in [0.1, 0.15) is 60.9 Å². The van der Waals surface area contributed by atoms with Crippen LogP contribution in [0.1, 0.15) is 59.8 Å². The van der Waals surface area contributed by atoms with Gasteiger partial charge in [-0.3, -0.25) is 37.6 Å². The van der Waals surface area contributed by atoms with Crippen molar-refractivity contribution in [2.45, 2.75) is 139 Å². The minimum absolute atomic E-state index is 0.0666. The van der Waals surface area contributed by atoms with Crippen LogP contribution in [0, 0.1) is 0 Å². The molecule has 0 aromatic rings. The molecule has 2 aliphatic heterocycles. The summed E-state index contributed by atoms with van der Waals surface area (Å²) in [6.45, 7) is 2.70. The van der Waals surface area contributed by atoms with E-state index in [0.29, 0.717) is 26.6 Å². The van der Waals surface area contributed by atoms with Crippen molar-refractivity contribution in [2.75, 3.05) is 40.6 Å². The second-order valence-corrected chi connectivity index (χ2v) is 19.9. The third-order valence-electron chi connectivity index (χ3n) is 9.58. The molecule has 2 fully saturated rings. The number of ether oxygens (including phenoxy) is 5. The quantitative estimate of drug-likeness (QED) is 0.0287. The minimum Gasteiger partial charge on any atom is -0.772 e. The molecule has 0 spiro atoms. The Labute approximate surface area is 362 Å². The summed E-state index contributed by atoms with van der Waals surface area (Å²) >= 11 is 0. The van der Waals surface area contributed by atoms with Gasteiger partial charge in [0, 0.05) is 47.6 Å². The molecule has 2 rings (SSSR count). The van der Waals surface area contributed by atoms with Gasteiger partial charge >= 0.3 is 0 Å². The Balaban J connectivity index is 2.34. The van der Waals surface area contributed by atoms with Crippen molar-refractivity contribution in [3.63, 3.8) is 0 Å². The molecule has 0 radical (unpaired) electrons. The second kappa shape index (κ2) is 26.0. The van der Waals surface area contributed by atoms with Gasteiger partial charge in [-0.05, 0) is 39.5 Å². The van der Waals surface area contributed by atoms with Gasteiger partial charge in [0.2, 0.25) is 44.1 Å². The Morgan fingerprint density at radius 3 is 1.94 bits per heavy atom. The number of unbranched alkanes of at least 4 members (excludes halogenated alkanes) is 1. The first kappa shape index (κ1) is 55.9. The molecule has 9 N–H and O–H groups in total. The van der Waals surface area contributed by atoms with Gasteiger partial charge in [-0.25, -0.2) is 0 Å². The van der Waals surface area contributed by atoms with E-state index in [0.717, 1.165) is 20.8 Å². The standard InChI is InChI=1S/C34H61N5O22P2/c1-16(30(47)35-12-9-11-23(44)39-20(32(49)50)10-7-8-13-55-5)36-31(48)17(2)57-29-25(38-19(4)43)34(61-63(53,54)62(51,52)56-6)59-22(15-41)28(29)60-33-24(37-18(3)42)27(46)26(45)21(14-40)58-33/h16-17,20-22,24-29,33-34,40-41,45-46H,7-15H2,1-6H3,(H,35,47)(H,36,48)(H,37,42)(H,38,43)(H,39,44)(H,49,50)(H,51,52)(H,53,54)/p-3/t16-,17+,20-,21+,22+,24+,25+,26+,27+,28?,29+,33-,34+/m0/s1. The van der Waals surface area contributed by atoms with E-state index in [1.54, 1.807) is 0 Å². The van der Waals surface area contributed by atoms with Crippen molar-refractivity contribution in [3.05, 3.63) is 0 Å². The van der Waals surface area contributed by atoms with Gasteiger partial charge in [-0.15, -0.1) is 0 Å². The molecule has 0 aliphatic carbocycles. The van der Waals surface area contributed by atoms with E-state index in [1.165, 1.54) is 14.0 Å². The zero-order valence-corrected chi connectivity index (χ0v) is 37.2. The molecule has 27 nitrogen and oxygen atoms in total. The average Bonchev–Trinajstić information content (AvgIpc) is 3.21. The Morgan fingerprint density at radius 1 is 0.778 bits per heavy atom. The number of methoxy groups -OCH3 is 1. The van der Waals surface area contributed by atoms with E-state index in [4.69, 9.17) is 28.2 Å². The Morgan fingerprint density at radius 2 is 1.38 bits per heavy atom. The highest BCUT2D eigenvalue weighted by Gasteiger charge is 2.54. The predicted molar refractivity (Wildman–Crippen MR) is 204 cm³/mol. The van der Waals surface area contributed by atoms with Crippen molar-refractivity contribution in [2.24, 2.45) is 0 Å². The molecule has 0 aromatic heterocycles. The van der Waals surface area contributed by atoms with Crippen LogP contribution in [0.3, 0.4) is 0 Å². The Bertz CT molecular complexity index is 1650. The maximum absolute atomic E-state index is 13.5. The summed E-state index contributed by atoms with van der Waals surface area (Å²) in [5.41, 5.74) is 0. The lowest BCUT2D eigenvalue weighted by Crippen LogP contribution is -2.70. The zero-order valence-electron chi connectivity index (χ0n) is 35.4. The number of hydrogen-bond donors (Lipinski definition) is 9. The molecule has 5 amide bonds. The summed E-state index contributed by atoms with van der Waals surface area (Å²) in [6, 6.07) is -6.08. The lowest BCUT2D eigenvalue weighted by molar-refractivity contribution is -0.334. The van der Waals surface area contributed by atoms with Crippen LogP contribution in [0.5, 0.6) is 0 Å². The average molecular weight is 951 g/mol. The number of aliphatic carboxylic acids is 1. The van der Waals surface area contributed by atoms with E-state index in [-0.39, 0.29) is 25.8 Å². The molecule has 0 saturated carbocycles. The van der Waals surface area contributed by atoms with Gasteiger partial charge in [0.25, 0.3) is 0 Å². The molecular formula is C34H58N5O22P2-3. The number of carboxylic acids is 1. The molecule has 2 aliphatic rings. The molecule has 63 heavy (non-hydrogen) atoms. The maximum atomic E-state index is 13.5. The summed E-state index contributed by atoms with van der Waals surface area (Å²) in [5.74, 6) is -5.55. The number of amides is 5. The van der Waals surface area contributed by atoms with Crippen molar-refractivity contribution in [3.8, 4) is 0 Å². The monoisotopic (exact) mass is 950 g/mol. The molecule has 2 saturated heterocycles. The van der Waals surface area contributed by atoms with Gasteiger partial charge < -0.3 is 94.9 Å². The van der Waals surface area contributed by atoms with Crippen LogP contribution >= 0.6 is 14.6 Å². The van der Waals surface area contributed by atoms with Crippen molar-refractivity contribution in [1.82, 2.24) is 26.6 Å². The molecule has 0 aromatic carbocycles. The summed E-state index contributed by atoms with van der Waals surface area (Å²) in [5, 5.41) is 64.9. The number of carboxylic acid groups (broad SMARTS) is 1. The van der Waals surface area contributed by atoms with Crippen LogP contribution in [0.25, 0.3) is 0 Å². The van der Waals surface area contributed by atoms with Crippen molar-refractivity contribution < 1.29 is 106 Å². The molecular weight excluding hydrogens is 892 g/mol. The number of hydrogen-bond acceptors (Lipinski definition) is 22. The lowest BCUT2D eigenvalue weighted by Gasteiger charge is -2.50. The third-order valence-corrected chi connectivity index (χ3v) is 13.7. The smallest absolute Gasteiger partial charge is 0.249 e. The van der Waals surface area contributed by atoms with Gasteiger partial charge in [-0.1, -0.05) is 0 Å². The van der Waals surface area contributed by atoms with E-state index in [1.807, 2.05) is 0 Å². The van der Waals surface area contributed by atoms with E-state index in [9.17, 15) is 73.2 Å². The van der Waals surface area contributed by atoms with Crippen LogP contribution in [0.4, 0.5) is 0 Å². The first-order valence-electron chi connectivity index (χ1n) is 19.6. The number of rotatable bonds is 26. The van der Waals surface area contributed by atoms with Crippen LogP contribution in [0.15, 0.2) is 0 Å². The minimum atomic E-state index is -6.10. The Kier molecular flexibility index (Phi) is 23.1. The SMILES string of the molecule is COCCCC[C@H](NC(=O)CCCNC(=O)[C@H](C)NC(=O)[C@@H](C)O[C@H]1C(O[C@@H]2O[C@H](CO)[C@@H](O)[C@H](O)[C@H]2NC(C)=O)[C@@H](CO)O[C@H](OP(=O)([O-])P(=O)([O-])OC)[C@@H]1NC(C)=O)C(=O)[O-]. The zero-order chi connectivity index (χ0) is 47.8. The van der Waals surface area contributed by atoms with E-state index >= 15 is 0 Å². The molecule has 15 atom stereocenters. The number of nitrogens with one attached hydrogen (secondary N) is 5. The molecule has 3 unspecified atom stereocenters. The van der Waals surface area contributed by atoms with Gasteiger partial charge in [-0.2, -0.15) is 0 Å². The highest BCUT2D eigenvalue weighted by atomic mass is 32.1. The van der Waals surface area contributed by atoms with E-state index in [2.05, 4.69) is 31.1 Å². The topological polar surface area (TPSA) is 411 Å². The van der Waals surface area contributed by atoms with Crippen LogP contribution in [0.2, 0.25) is 0 Å². The number of aliphatic hydroxyl groups is 4. The fourth-order valence-electron chi connectivity index (χ4n) is 6.30. The predicted octanol–water partition coefficient (Wildman–Crippen LogP) is -6.55. The first-order valence-corrected chi connectivity index (χ1v) is 23.4. The van der Waals surface area contributed by atoms with Crippen LogP contribution < -0.4 is 41.5 Å². The molecule has 0 bridgehead atoms. The molecule has 364 valence electrons. The summed E-state index contributed by atoms with van der Waals surface area (Å²) in [7, 11) is -9.91. The fraction of sp³-hybridized carbons (Fsp3) is 0.824. The third kappa shape index (κ3) is 16.6. The highest BCUT2D eigenvalue weighted by molar-refractivity contribution is 8.25. The maximum Gasteiger partial charge on any atom is 0.249 e. The lowest BCUT2D eigenvalue weighted by atomic mass is 9.94. The Hall–Kier alpha value is -3.24. The molecule has 29 heteroatoms. The normalized spacial score (nSPS) is 29.4. The first-order chi connectivity index (χ1) is 29.4. The number of carbonyl (C=O) groups is 6. The van der Waals surface area contributed by atoms with Gasteiger partial charge in [0.05, 0.1) is 25.2 Å². The number of carbonyl (C=O) groups excluding carboxylic acids is 6.